The summed E-state index contributed by atoms with van der Waals surface area (Å²) in [4.78, 5) is 28.5. The van der Waals surface area contributed by atoms with E-state index in [9.17, 15) is 9.59 Å². The van der Waals surface area contributed by atoms with E-state index in [1.165, 1.54) is 6.42 Å². The number of hydrogen-bond acceptors (Lipinski definition) is 3. The Labute approximate surface area is 127 Å². The minimum absolute atomic E-state index is 0.108. The normalized spacial score (nSPS) is 27.3. The van der Waals surface area contributed by atoms with E-state index in [1.807, 2.05) is 16.7 Å². The predicted octanol–water partition coefficient (Wildman–Crippen LogP) is 1.22. The van der Waals surface area contributed by atoms with Gasteiger partial charge in [0.15, 0.2) is 0 Å². The Morgan fingerprint density at radius 1 is 1.00 bits per heavy atom. The zero-order valence-corrected chi connectivity index (χ0v) is 13.2. The van der Waals surface area contributed by atoms with Crippen LogP contribution in [0.25, 0.3) is 0 Å². The molecule has 2 rings (SSSR count). The van der Waals surface area contributed by atoms with Crippen LogP contribution in [0.4, 0.5) is 0 Å². The van der Waals surface area contributed by atoms with Crippen LogP contribution in [0.5, 0.6) is 0 Å². The highest BCUT2D eigenvalue weighted by Crippen LogP contribution is 2.31. The quantitative estimate of drug-likeness (QED) is 0.851. The van der Waals surface area contributed by atoms with Crippen molar-refractivity contribution < 1.29 is 9.59 Å². The van der Waals surface area contributed by atoms with Crippen molar-refractivity contribution in [2.45, 2.75) is 45.4 Å². The minimum Gasteiger partial charge on any atom is -0.341 e. The van der Waals surface area contributed by atoms with E-state index >= 15 is 0 Å². The van der Waals surface area contributed by atoms with Gasteiger partial charge in [0, 0.05) is 38.5 Å². The van der Waals surface area contributed by atoms with Crippen LogP contribution in [0.2, 0.25) is 0 Å². The first-order valence-corrected chi connectivity index (χ1v) is 8.44. The molecular formula is C16H29N3O2. The molecule has 1 aliphatic carbocycles. The van der Waals surface area contributed by atoms with Gasteiger partial charge in [0.25, 0.3) is 0 Å². The van der Waals surface area contributed by atoms with Crippen LogP contribution in [-0.4, -0.2) is 54.3 Å². The molecule has 0 aromatic heterocycles. The molecule has 5 nitrogen and oxygen atoms in total. The topological polar surface area (TPSA) is 66.6 Å². The molecule has 1 aliphatic heterocycles. The van der Waals surface area contributed by atoms with Gasteiger partial charge in [0.1, 0.15) is 0 Å². The van der Waals surface area contributed by atoms with E-state index < -0.39 is 0 Å². The third-order valence-corrected chi connectivity index (χ3v) is 4.99. The SMILES string of the molecule is CCC(=O)N1CCCN(C(=O)C2CCCCC2CN)CC1. The van der Waals surface area contributed by atoms with Gasteiger partial charge in [0.2, 0.25) is 11.8 Å². The largest absolute Gasteiger partial charge is 0.341 e. The summed E-state index contributed by atoms with van der Waals surface area (Å²) in [5.41, 5.74) is 5.85. The Hall–Kier alpha value is -1.10. The summed E-state index contributed by atoms with van der Waals surface area (Å²) in [7, 11) is 0. The Kier molecular flexibility index (Phi) is 6.03. The van der Waals surface area contributed by atoms with E-state index in [4.69, 9.17) is 5.73 Å². The van der Waals surface area contributed by atoms with Crippen molar-refractivity contribution in [1.29, 1.82) is 0 Å². The van der Waals surface area contributed by atoms with Crippen molar-refractivity contribution >= 4 is 11.8 Å². The van der Waals surface area contributed by atoms with Crippen LogP contribution in [0, 0.1) is 11.8 Å². The molecule has 0 spiro atoms. The second kappa shape index (κ2) is 7.78. The fourth-order valence-corrected chi connectivity index (χ4v) is 3.66. The van der Waals surface area contributed by atoms with Crippen LogP contribution in [0.1, 0.15) is 45.4 Å². The molecule has 21 heavy (non-hydrogen) atoms. The molecule has 2 atom stereocenters. The number of amides is 2. The predicted molar refractivity (Wildman–Crippen MR) is 82.6 cm³/mol. The lowest BCUT2D eigenvalue weighted by atomic mass is 9.78. The number of rotatable bonds is 3. The summed E-state index contributed by atoms with van der Waals surface area (Å²) in [6.45, 7) is 5.42. The van der Waals surface area contributed by atoms with Gasteiger partial charge in [-0.15, -0.1) is 0 Å². The zero-order chi connectivity index (χ0) is 15.2. The molecule has 2 fully saturated rings. The van der Waals surface area contributed by atoms with E-state index in [0.29, 0.717) is 32.0 Å². The third kappa shape index (κ3) is 3.96. The van der Waals surface area contributed by atoms with Gasteiger partial charge in [-0.25, -0.2) is 0 Å². The Bertz CT molecular complexity index is 373. The van der Waals surface area contributed by atoms with Gasteiger partial charge in [-0.2, -0.15) is 0 Å². The zero-order valence-electron chi connectivity index (χ0n) is 13.2. The molecule has 0 bridgehead atoms. The van der Waals surface area contributed by atoms with Gasteiger partial charge in [-0.1, -0.05) is 19.8 Å². The average Bonchev–Trinajstić information content (AvgIpc) is 2.79. The number of hydrogen-bond donors (Lipinski definition) is 1. The lowest BCUT2D eigenvalue weighted by Gasteiger charge is -2.33. The van der Waals surface area contributed by atoms with E-state index in [-0.39, 0.29) is 17.7 Å². The lowest BCUT2D eigenvalue weighted by Crippen LogP contribution is -2.44. The van der Waals surface area contributed by atoms with E-state index in [0.717, 1.165) is 38.8 Å². The van der Waals surface area contributed by atoms with Gasteiger partial charge >= 0.3 is 0 Å². The van der Waals surface area contributed by atoms with Crippen LogP contribution in [0.3, 0.4) is 0 Å². The van der Waals surface area contributed by atoms with Crippen LogP contribution < -0.4 is 5.73 Å². The highest BCUT2D eigenvalue weighted by molar-refractivity contribution is 5.80. The maximum absolute atomic E-state index is 12.8. The summed E-state index contributed by atoms with van der Waals surface area (Å²) >= 11 is 0. The molecule has 2 amide bonds. The van der Waals surface area contributed by atoms with Crippen molar-refractivity contribution in [1.82, 2.24) is 9.80 Å². The van der Waals surface area contributed by atoms with Gasteiger partial charge < -0.3 is 15.5 Å². The summed E-state index contributed by atoms with van der Waals surface area (Å²) in [5.74, 6) is 0.929. The monoisotopic (exact) mass is 295 g/mol. The maximum atomic E-state index is 12.8. The van der Waals surface area contributed by atoms with Crippen molar-refractivity contribution in [3.05, 3.63) is 0 Å². The van der Waals surface area contributed by atoms with E-state index in [2.05, 4.69) is 0 Å². The molecule has 120 valence electrons. The molecule has 1 heterocycles. The Morgan fingerprint density at radius 3 is 2.38 bits per heavy atom. The fraction of sp³-hybridized carbons (Fsp3) is 0.875. The summed E-state index contributed by atoms with van der Waals surface area (Å²) in [5, 5.41) is 0. The highest BCUT2D eigenvalue weighted by Gasteiger charge is 2.33. The molecule has 2 unspecified atom stereocenters. The lowest BCUT2D eigenvalue weighted by molar-refractivity contribution is -0.139. The first kappa shape index (κ1) is 16.3. The van der Waals surface area contributed by atoms with Crippen LogP contribution >= 0.6 is 0 Å². The van der Waals surface area contributed by atoms with Crippen molar-refractivity contribution in [3.8, 4) is 0 Å². The van der Waals surface area contributed by atoms with Crippen molar-refractivity contribution in [2.24, 2.45) is 17.6 Å². The number of carbonyl (C=O) groups is 2. The second-order valence-electron chi connectivity index (χ2n) is 6.30. The number of nitrogens with two attached hydrogens (primary N) is 1. The summed E-state index contributed by atoms with van der Waals surface area (Å²) in [6, 6.07) is 0. The average molecular weight is 295 g/mol. The van der Waals surface area contributed by atoms with Gasteiger partial charge in [0.05, 0.1) is 0 Å². The molecule has 0 aromatic rings. The highest BCUT2D eigenvalue weighted by atomic mass is 16.2. The fourth-order valence-electron chi connectivity index (χ4n) is 3.66. The third-order valence-electron chi connectivity index (χ3n) is 4.99. The summed E-state index contributed by atoms with van der Waals surface area (Å²) in [6.07, 6.45) is 5.84. The second-order valence-corrected chi connectivity index (χ2v) is 6.30. The first-order chi connectivity index (χ1) is 10.2. The van der Waals surface area contributed by atoms with E-state index in [1.54, 1.807) is 0 Å². The van der Waals surface area contributed by atoms with Gasteiger partial charge in [-0.3, -0.25) is 9.59 Å². The van der Waals surface area contributed by atoms with Crippen molar-refractivity contribution in [2.75, 3.05) is 32.7 Å². The Morgan fingerprint density at radius 2 is 1.67 bits per heavy atom. The molecule has 0 aromatic carbocycles. The van der Waals surface area contributed by atoms with Gasteiger partial charge in [-0.05, 0) is 31.7 Å². The molecule has 2 N–H and O–H groups in total. The molecule has 1 saturated carbocycles. The smallest absolute Gasteiger partial charge is 0.226 e. The standard InChI is InChI=1S/C16H29N3O2/c1-2-15(20)18-8-5-9-19(11-10-18)16(21)14-7-4-3-6-13(14)12-17/h13-14H,2-12,17H2,1H3. The van der Waals surface area contributed by atoms with Crippen LogP contribution in [-0.2, 0) is 9.59 Å². The number of carbonyl (C=O) groups excluding carboxylic acids is 2. The molecule has 0 radical (unpaired) electrons. The minimum atomic E-state index is 0.108. The molecule has 5 heteroatoms. The van der Waals surface area contributed by atoms with Crippen LogP contribution in [0.15, 0.2) is 0 Å². The molecule has 1 saturated heterocycles. The molecular weight excluding hydrogens is 266 g/mol. The summed E-state index contributed by atoms with van der Waals surface area (Å²) < 4.78 is 0. The first-order valence-electron chi connectivity index (χ1n) is 8.44. The molecule has 2 aliphatic rings. The number of nitrogens with zero attached hydrogens (tertiary/aromatic N) is 2. The van der Waals surface area contributed by atoms with Crippen molar-refractivity contribution in [3.63, 3.8) is 0 Å². The Balaban J connectivity index is 1.94. The maximum Gasteiger partial charge on any atom is 0.226 e.